The first-order valence-corrected chi connectivity index (χ1v) is 17.9. The second-order valence-corrected chi connectivity index (χ2v) is 14.1. The normalized spacial score (nSPS) is 13.3. The zero-order valence-corrected chi connectivity index (χ0v) is 31.1. The molecule has 12 heteroatoms. The van der Waals surface area contributed by atoms with E-state index in [4.69, 9.17) is 38.1 Å². The standard InChI is InChI=1S/C39H40Cl2N6O4/c1-7-45-20-26-18-25(39(49)50)19-31(35(26)43-45)46-13-9-14-47-36-29(11-12-30(40)33(36)32-23(4)42-44(6)24(32)5)28(37(47)38(46)48)10-8-15-51-27-16-21(2)34(41)22(3)17-27/h11-12,16-20H,7-10,13-15H2,1-6H3,(H,49,50). The van der Waals surface area contributed by atoms with E-state index in [0.29, 0.717) is 72.8 Å². The van der Waals surface area contributed by atoms with E-state index in [2.05, 4.69) is 4.57 Å². The minimum atomic E-state index is -1.06. The lowest BCUT2D eigenvalue weighted by atomic mass is 9.98. The van der Waals surface area contributed by atoms with Crippen molar-refractivity contribution in [2.45, 2.75) is 67.0 Å². The molecule has 0 aliphatic carbocycles. The molecule has 1 amide bonds. The first-order chi connectivity index (χ1) is 24.4. The molecule has 3 aromatic heterocycles. The maximum absolute atomic E-state index is 15.1. The highest BCUT2D eigenvalue weighted by atomic mass is 35.5. The molecule has 0 unspecified atom stereocenters. The number of fused-ring (bicyclic) bond motifs is 4. The van der Waals surface area contributed by atoms with Gasteiger partial charge >= 0.3 is 5.97 Å². The Kier molecular flexibility index (Phi) is 9.10. The van der Waals surface area contributed by atoms with Crippen molar-refractivity contribution < 1.29 is 19.4 Å². The molecule has 0 bridgehead atoms. The van der Waals surface area contributed by atoms with Crippen molar-refractivity contribution in [1.82, 2.24) is 24.1 Å². The average molecular weight is 728 g/mol. The molecule has 4 heterocycles. The molecule has 10 nitrogen and oxygen atoms in total. The number of aromatic nitrogens is 5. The summed E-state index contributed by atoms with van der Waals surface area (Å²) in [6.07, 6.45) is 3.66. The van der Waals surface area contributed by atoms with Gasteiger partial charge in [-0.15, -0.1) is 0 Å². The maximum atomic E-state index is 15.1. The second kappa shape index (κ2) is 13.4. The summed E-state index contributed by atoms with van der Waals surface area (Å²) in [6, 6.07) is 11.0. The molecule has 0 radical (unpaired) electrons. The van der Waals surface area contributed by atoms with Crippen LogP contribution in [0.3, 0.4) is 0 Å². The number of anilines is 1. The number of carboxylic acids is 1. The van der Waals surface area contributed by atoms with E-state index >= 15 is 4.79 Å². The Morgan fingerprint density at radius 2 is 1.75 bits per heavy atom. The number of rotatable bonds is 9. The van der Waals surface area contributed by atoms with Crippen LogP contribution in [0.4, 0.5) is 5.69 Å². The van der Waals surface area contributed by atoms with Crippen LogP contribution < -0.4 is 9.64 Å². The van der Waals surface area contributed by atoms with Gasteiger partial charge in [0.2, 0.25) is 0 Å². The molecular weight excluding hydrogens is 687 g/mol. The third-order valence-corrected chi connectivity index (χ3v) is 10.9. The molecular formula is C39H40Cl2N6O4. The third kappa shape index (κ3) is 5.94. The summed E-state index contributed by atoms with van der Waals surface area (Å²) >= 11 is 13.5. The maximum Gasteiger partial charge on any atom is 0.335 e. The van der Waals surface area contributed by atoms with Crippen molar-refractivity contribution in [3.05, 3.63) is 92.0 Å². The number of aryl methyl sites for hydroxylation is 7. The Hall–Kier alpha value is -4.80. The number of halogens is 2. The molecule has 51 heavy (non-hydrogen) atoms. The molecule has 0 atom stereocenters. The number of hydrogen-bond acceptors (Lipinski definition) is 5. The number of nitrogens with zero attached hydrogens (tertiary/aromatic N) is 6. The first kappa shape index (κ1) is 34.6. The molecule has 0 saturated heterocycles. The summed E-state index contributed by atoms with van der Waals surface area (Å²) in [6.45, 7) is 11.9. The Morgan fingerprint density at radius 1 is 1.00 bits per heavy atom. The Bertz CT molecular complexity index is 2360. The van der Waals surface area contributed by atoms with Gasteiger partial charge < -0.3 is 19.3 Å². The highest BCUT2D eigenvalue weighted by Gasteiger charge is 2.33. The van der Waals surface area contributed by atoms with E-state index in [1.54, 1.807) is 21.7 Å². The fourth-order valence-corrected chi connectivity index (χ4v) is 7.88. The molecule has 1 aliphatic rings. The van der Waals surface area contributed by atoms with E-state index in [1.807, 2.05) is 76.8 Å². The van der Waals surface area contributed by atoms with E-state index in [-0.39, 0.29) is 11.5 Å². The van der Waals surface area contributed by atoms with Gasteiger partial charge in [0.05, 0.1) is 34.1 Å². The molecule has 3 aromatic carbocycles. The summed E-state index contributed by atoms with van der Waals surface area (Å²) in [5.41, 5.74) is 9.08. The fourth-order valence-electron chi connectivity index (χ4n) is 7.52. The average Bonchev–Trinajstić information content (AvgIpc) is 3.69. The lowest BCUT2D eigenvalue weighted by Gasteiger charge is -2.22. The summed E-state index contributed by atoms with van der Waals surface area (Å²) in [7, 11) is 1.92. The van der Waals surface area contributed by atoms with Gasteiger partial charge in [-0.05, 0) is 101 Å². The van der Waals surface area contributed by atoms with Crippen LogP contribution in [-0.4, -0.2) is 54.3 Å². The van der Waals surface area contributed by atoms with Crippen molar-refractivity contribution >= 4 is 62.6 Å². The Balaban J connectivity index is 1.38. The number of aromatic carboxylic acids is 1. The lowest BCUT2D eigenvalue weighted by molar-refractivity contribution is 0.0696. The number of benzene rings is 3. The van der Waals surface area contributed by atoms with Gasteiger partial charge in [0.1, 0.15) is 17.0 Å². The van der Waals surface area contributed by atoms with Crippen LogP contribution in [0.1, 0.15) is 68.7 Å². The minimum Gasteiger partial charge on any atom is -0.494 e. The van der Waals surface area contributed by atoms with E-state index < -0.39 is 5.97 Å². The summed E-state index contributed by atoms with van der Waals surface area (Å²) in [4.78, 5) is 29.1. The van der Waals surface area contributed by atoms with Gasteiger partial charge in [-0.3, -0.25) is 14.2 Å². The number of hydrogen-bond donors (Lipinski definition) is 1. The van der Waals surface area contributed by atoms with Crippen LogP contribution >= 0.6 is 23.2 Å². The van der Waals surface area contributed by atoms with Crippen LogP contribution in [0.5, 0.6) is 5.75 Å². The zero-order valence-electron chi connectivity index (χ0n) is 29.6. The minimum absolute atomic E-state index is 0.104. The van der Waals surface area contributed by atoms with Crippen molar-refractivity contribution in [3.63, 3.8) is 0 Å². The summed E-state index contributed by atoms with van der Waals surface area (Å²) in [5, 5.41) is 22.4. The Morgan fingerprint density at radius 3 is 2.41 bits per heavy atom. The Labute approximate surface area is 306 Å². The van der Waals surface area contributed by atoms with Gasteiger partial charge in [0.15, 0.2) is 0 Å². The molecule has 0 fully saturated rings. The van der Waals surface area contributed by atoms with Crippen molar-refractivity contribution in [1.29, 1.82) is 0 Å². The van der Waals surface area contributed by atoms with Crippen molar-refractivity contribution in [3.8, 4) is 16.9 Å². The predicted molar refractivity (Wildman–Crippen MR) is 202 cm³/mol. The fraction of sp³-hybridized carbons (Fsp3) is 0.333. The van der Waals surface area contributed by atoms with Crippen LogP contribution in [-0.2, 0) is 26.6 Å². The largest absolute Gasteiger partial charge is 0.494 e. The molecule has 0 spiro atoms. The zero-order chi connectivity index (χ0) is 36.3. The van der Waals surface area contributed by atoms with Crippen LogP contribution in [0.2, 0.25) is 10.0 Å². The topological polar surface area (TPSA) is 107 Å². The quantitative estimate of drug-likeness (QED) is 0.149. The SMILES string of the molecule is CCn1cc2cc(C(=O)O)cc(N3CCCn4c(c(CCCOc5cc(C)c(Cl)c(C)c5)c5ccc(Cl)c(-c6c(C)nn(C)c6C)c54)C3=O)c2n1. The van der Waals surface area contributed by atoms with E-state index in [0.717, 1.165) is 60.9 Å². The van der Waals surface area contributed by atoms with Gasteiger partial charge in [-0.1, -0.05) is 29.3 Å². The molecule has 1 N–H and O–H groups in total. The summed E-state index contributed by atoms with van der Waals surface area (Å²) < 4.78 is 11.9. The lowest BCUT2D eigenvalue weighted by Crippen LogP contribution is -2.32. The van der Waals surface area contributed by atoms with Crippen molar-refractivity contribution in [2.75, 3.05) is 18.1 Å². The first-order valence-electron chi connectivity index (χ1n) is 17.2. The molecule has 0 saturated carbocycles. The van der Waals surface area contributed by atoms with Gasteiger partial charge in [0, 0.05) is 65.5 Å². The predicted octanol–water partition coefficient (Wildman–Crippen LogP) is 8.71. The van der Waals surface area contributed by atoms with Crippen molar-refractivity contribution in [2.24, 2.45) is 7.05 Å². The molecule has 7 rings (SSSR count). The number of carbonyl (C=O) groups is 2. The molecule has 6 aromatic rings. The van der Waals surface area contributed by atoms with E-state index in [1.165, 1.54) is 0 Å². The third-order valence-electron chi connectivity index (χ3n) is 10.00. The molecule has 264 valence electrons. The number of carboxylic acid groups (broad SMARTS) is 1. The number of carbonyl (C=O) groups excluding carboxylic acids is 1. The second-order valence-electron chi connectivity index (χ2n) is 13.3. The van der Waals surface area contributed by atoms with Gasteiger partial charge in [-0.2, -0.15) is 10.2 Å². The monoisotopic (exact) mass is 726 g/mol. The van der Waals surface area contributed by atoms with Crippen LogP contribution in [0.15, 0.2) is 42.6 Å². The molecule has 1 aliphatic heterocycles. The highest BCUT2D eigenvalue weighted by Crippen LogP contribution is 2.43. The number of amides is 1. The number of ether oxygens (including phenoxy) is 1. The van der Waals surface area contributed by atoms with E-state index in [9.17, 15) is 9.90 Å². The summed E-state index contributed by atoms with van der Waals surface area (Å²) in [5.74, 6) is -0.519. The highest BCUT2D eigenvalue weighted by molar-refractivity contribution is 6.35. The van der Waals surface area contributed by atoms with Gasteiger partial charge in [0.25, 0.3) is 5.91 Å². The van der Waals surface area contributed by atoms with Crippen LogP contribution in [0.25, 0.3) is 32.9 Å². The van der Waals surface area contributed by atoms with Crippen LogP contribution in [0, 0.1) is 27.7 Å². The van der Waals surface area contributed by atoms with Gasteiger partial charge in [-0.25, -0.2) is 4.79 Å². The smallest absolute Gasteiger partial charge is 0.335 e.